The lowest BCUT2D eigenvalue weighted by Crippen LogP contribution is -2.36. The predicted octanol–water partition coefficient (Wildman–Crippen LogP) is 3.42. The van der Waals surface area contributed by atoms with Gasteiger partial charge in [0.2, 0.25) is 0 Å². The van der Waals surface area contributed by atoms with Crippen LogP contribution in [0.2, 0.25) is 10.0 Å². The van der Waals surface area contributed by atoms with Crippen molar-refractivity contribution in [3.8, 4) is 0 Å². The smallest absolute Gasteiger partial charge is 0.0465 e. The van der Waals surface area contributed by atoms with Crippen LogP contribution in [0.25, 0.3) is 0 Å². The molecule has 2 nitrogen and oxygen atoms in total. The van der Waals surface area contributed by atoms with Gasteiger partial charge in [-0.2, -0.15) is 0 Å². The van der Waals surface area contributed by atoms with Gasteiger partial charge in [-0.05, 0) is 63.1 Å². The summed E-state index contributed by atoms with van der Waals surface area (Å²) in [7, 11) is 2.03. The van der Waals surface area contributed by atoms with Crippen LogP contribution in [0, 0.1) is 5.92 Å². The molecule has 0 spiro atoms. The van der Waals surface area contributed by atoms with Crippen LogP contribution < -0.4 is 5.32 Å². The van der Waals surface area contributed by atoms with Crippen LogP contribution in [-0.4, -0.2) is 31.6 Å². The van der Waals surface area contributed by atoms with Gasteiger partial charge in [0.05, 0.1) is 0 Å². The molecular formula is C14H20Cl2N2. The van der Waals surface area contributed by atoms with Crippen molar-refractivity contribution in [3.63, 3.8) is 0 Å². The normalized spacial score (nSPS) is 18.2. The highest BCUT2D eigenvalue weighted by Crippen LogP contribution is 2.24. The zero-order valence-corrected chi connectivity index (χ0v) is 12.3. The highest BCUT2D eigenvalue weighted by Gasteiger charge is 2.19. The molecule has 0 radical (unpaired) electrons. The van der Waals surface area contributed by atoms with Crippen LogP contribution in [0.1, 0.15) is 18.4 Å². The van der Waals surface area contributed by atoms with Crippen molar-refractivity contribution >= 4 is 23.2 Å². The van der Waals surface area contributed by atoms with Crippen molar-refractivity contribution in [3.05, 3.63) is 33.8 Å². The van der Waals surface area contributed by atoms with Crippen molar-refractivity contribution < 1.29 is 0 Å². The number of likely N-dealkylation sites (tertiary alicyclic amines) is 1. The molecule has 1 aromatic carbocycles. The Labute approximate surface area is 119 Å². The third kappa shape index (κ3) is 3.86. The molecule has 100 valence electrons. The van der Waals surface area contributed by atoms with E-state index in [9.17, 15) is 0 Å². The van der Waals surface area contributed by atoms with Gasteiger partial charge in [0.15, 0.2) is 0 Å². The van der Waals surface area contributed by atoms with Crippen molar-refractivity contribution in [2.24, 2.45) is 5.92 Å². The molecule has 0 bridgehead atoms. The Balaban J connectivity index is 1.87. The SMILES string of the molecule is CNCC1CCN(Cc2ccc(Cl)cc2Cl)CC1. The second-order valence-corrected chi connectivity index (χ2v) is 5.86. The summed E-state index contributed by atoms with van der Waals surface area (Å²) in [5.41, 5.74) is 1.17. The fourth-order valence-corrected chi connectivity index (χ4v) is 3.00. The fraction of sp³-hybridized carbons (Fsp3) is 0.571. The minimum Gasteiger partial charge on any atom is -0.319 e. The number of rotatable bonds is 4. The number of benzene rings is 1. The van der Waals surface area contributed by atoms with Gasteiger partial charge in [0.1, 0.15) is 0 Å². The Morgan fingerprint density at radius 3 is 2.61 bits per heavy atom. The number of piperidine rings is 1. The third-order valence-corrected chi connectivity index (χ3v) is 4.20. The summed E-state index contributed by atoms with van der Waals surface area (Å²) in [5, 5.41) is 4.75. The summed E-state index contributed by atoms with van der Waals surface area (Å²) in [6.45, 7) is 4.38. The van der Waals surface area contributed by atoms with Crippen molar-refractivity contribution in [2.45, 2.75) is 19.4 Å². The molecule has 1 aromatic rings. The maximum absolute atomic E-state index is 6.21. The average Bonchev–Trinajstić information content (AvgIpc) is 2.35. The molecule has 0 aromatic heterocycles. The standard InChI is InChI=1S/C14H20Cl2N2/c1-17-9-11-4-6-18(7-5-11)10-12-2-3-13(15)8-14(12)16/h2-3,8,11,17H,4-7,9-10H2,1H3. The molecule has 1 saturated heterocycles. The van der Waals surface area contributed by atoms with Gasteiger partial charge in [-0.15, -0.1) is 0 Å². The minimum atomic E-state index is 0.705. The molecule has 2 rings (SSSR count). The maximum atomic E-state index is 6.21. The first-order chi connectivity index (χ1) is 8.69. The van der Waals surface area contributed by atoms with E-state index in [1.165, 1.54) is 18.4 Å². The van der Waals surface area contributed by atoms with Gasteiger partial charge in [0.25, 0.3) is 0 Å². The number of hydrogen-bond donors (Lipinski definition) is 1. The zero-order valence-electron chi connectivity index (χ0n) is 10.8. The summed E-state index contributed by atoms with van der Waals surface area (Å²) in [6.07, 6.45) is 2.54. The summed E-state index contributed by atoms with van der Waals surface area (Å²) >= 11 is 12.1. The molecular weight excluding hydrogens is 267 g/mol. The summed E-state index contributed by atoms with van der Waals surface area (Å²) in [4.78, 5) is 2.47. The third-order valence-electron chi connectivity index (χ3n) is 3.61. The lowest BCUT2D eigenvalue weighted by atomic mass is 9.96. The second kappa shape index (κ2) is 6.76. The Hall–Kier alpha value is -0.280. The first-order valence-electron chi connectivity index (χ1n) is 6.50. The van der Waals surface area contributed by atoms with Crippen molar-refractivity contribution in [1.82, 2.24) is 10.2 Å². The van der Waals surface area contributed by atoms with E-state index in [0.29, 0.717) is 5.02 Å². The quantitative estimate of drug-likeness (QED) is 0.912. The molecule has 1 heterocycles. The van der Waals surface area contributed by atoms with E-state index in [2.05, 4.69) is 10.2 Å². The molecule has 1 aliphatic rings. The molecule has 1 N–H and O–H groups in total. The van der Waals surface area contributed by atoms with E-state index in [-0.39, 0.29) is 0 Å². The van der Waals surface area contributed by atoms with E-state index < -0.39 is 0 Å². The van der Waals surface area contributed by atoms with Crippen LogP contribution in [0.15, 0.2) is 18.2 Å². The second-order valence-electron chi connectivity index (χ2n) is 5.01. The van der Waals surface area contributed by atoms with Crippen LogP contribution in [0.5, 0.6) is 0 Å². The van der Waals surface area contributed by atoms with Gasteiger partial charge >= 0.3 is 0 Å². The van der Waals surface area contributed by atoms with Crippen LogP contribution in [-0.2, 0) is 6.54 Å². The van der Waals surface area contributed by atoms with Gasteiger partial charge < -0.3 is 5.32 Å². The molecule has 4 heteroatoms. The Kier molecular flexibility index (Phi) is 5.31. The minimum absolute atomic E-state index is 0.705. The average molecular weight is 287 g/mol. The van der Waals surface area contributed by atoms with Crippen molar-refractivity contribution in [2.75, 3.05) is 26.7 Å². The molecule has 0 amide bonds. The number of halogens is 2. The molecule has 1 fully saturated rings. The first-order valence-corrected chi connectivity index (χ1v) is 7.25. The molecule has 18 heavy (non-hydrogen) atoms. The van der Waals surface area contributed by atoms with E-state index in [4.69, 9.17) is 23.2 Å². The van der Waals surface area contributed by atoms with Gasteiger partial charge in [0, 0.05) is 16.6 Å². The van der Waals surface area contributed by atoms with Crippen molar-refractivity contribution in [1.29, 1.82) is 0 Å². The monoisotopic (exact) mass is 286 g/mol. The summed E-state index contributed by atoms with van der Waals surface area (Å²) in [6, 6.07) is 5.77. The van der Waals surface area contributed by atoms with E-state index in [1.807, 2.05) is 25.2 Å². The van der Waals surface area contributed by atoms with Gasteiger partial charge in [-0.3, -0.25) is 4.90 Å². The largest absolute Gasteiger partial charge is 0.319 e. The molecule has 0 aliphatic carbocycles. The molecule has 0 saturated carbocycles. The number of hydrogen-bond acceptors (Lipinski definition) is 2. The first kappa shape index (κ1) is 14.1. The lowest BCUT2D eigenvalue weighted by molar-refractivity contribution is 0.177. The lowest BCUT2D eigenvalue weighted by Gasteiger charge is -2.32. The molecule has 0 atom stereocenters. The van der Waals surface area contributed by atoms with E-state index in [0.717, 1.165) is 37.1 Å². The van der Waals surface area contributed by atoms with E-state index >= 15 is 0 Å². The fourth-order valence-electron chi connectivity index (χ4n) is 2.53. The Morgan fingerprint density at radius 1 is 1.28 bits per heavy atom. The Morgan fingerprint density at radius 2 is 2.00 bits per heavy atom. The van der Waals surface area contributed by atoms with E-state index in [1.54, 1.807) is 0 Å². The number of nitrogens with one attached hydrogen (secondary N) is 1. The van der Waals surface area contributed by atoms with Crippen LogP contribution in [0.4, 0.5) is 0 Å². The summed E-state index contributed by atoms with van der Waals surface area (Å²) < 4.78 is 0. The zero-order chi connectivity index (χ0) is 13.0. The maximum Gasteiger partial charge on any atom is 0.0465 e. The van der Waals surface area contributed by atoms with Gasteiger partial charge in [-0.25, -0.2) is 0 Å². The van der Waals surface area contributed by atoms with Crippen LogP contribution in [0.3, 0.4) is 0 Å². The highest BCUT2D eigenvalue weighted by molar-refractivity contribution is 6.35. The van der Waals surface area contributed by atoms with Gasteiger partial charge in [-0.1, -0.05) is 29.3 Å². The Bertz CT molecular complexity index is 387. The van der Waals surface area contributed by atoms with Crippen LogP contribution >= 0.6 is 23.2 Å². The predicted molar refractivity (Wildman–Crippen MR) is 78.4 cm³/mol. The molecule has 0 unspecified atom stereocenters. The highest BCUT2D eigenvalue weighted by atomic mass is 35.5. The summed E-state index contributed by atoms with van der Waals surface area (Å²) in [5.74, 6) is 0.826. The number of nitrogens with zero attached hydrogens (tertiary/aromatic N) is 1. The molecule has 1 aliphatic heterocycles. The topological polar surface area (TPSA) is 15.3 Å².